The number of phenolic OH excluding ortho intramolecular Hbond substituents is 1. The Bertz CT molecular complexity index is 962. The monoisotopic (exact) mass is 375 g/mol. The summed E-state index contributed by atoms with van der Waals surface area (Å²) in [6, 6.07) is 22.4. The maximum Gasteiger partial charge on any atom is 0.417 e. The fourth-order valence-electron chi connectivity index (χ4n) is 3.17. The van der Waals surface area contributed by atoms with E-state index in [0.29, 0.717) is 11.4 Å². The largest absolute Gasteiger partial charge is 0.508 e. The Hall–Kier alpha value is -3.27. The molecule has 3 aromatic carbocycles. The van der Waals surface area contributed by atoms with Gasteiger partial charge in [-0.1, -0.05) is 63.2 Å². The van der Waals surface area contributed by atoms with Crippen molar-refractivity contribution in [1.29, 1.82) is 0 Å². The summed E-state index contributed by atoms with van der Waals surface area (Å²) in [5.41, 5.74) is 3.49. The summed E-state index contributed by atoms with van der Waals surface area (Å²) in [4.78, 5) is 12.4. The molecule has 0 saturated carbocycles. The van der Waals surface area contributed by atoms with Gasteiger partial charge in [0.05, 0.1) is 0 Å². The molecule has 0 spiro atoms. The van der Waals surface area contributed by atoms with E-state index in [0.717, 1.165) is 23.1 Å². The van der Waals surface area contributed by atoms with Crippen LogP contribution in [0.25, 0.3) is 0 Å². The number of hydrogen-bond acceptors (Lipinski definition) is 3. The SMILES string of the molecule is CCc1ccccc1OC(=O)Nc1cccc(C(C)(C)c2ccc(O)cc2)c1. The van der Waals surface area contributed by atoms with Crippen LogP contribution in [-0.4, -0.2) is 11.2 Å². The van der Waals surface area contributed by atoms with Gasteiger partial charge in [-0.25, -0.2) is 4.79 Å². The maximum absolute atomic E-state index is 12.4. The first-order valence-corrected chi connectivity index (χ1v) is 9.37. The summed E-state index contributed by atoms with van der Waals surface area (Å²) < 4.78 is 5.49. The van der Waals surface area contributed by atoms with E-state index in [9.17, 15) is 9.90 Å². The second-order valence-electron chi connectivity index (χ2n) is 7.23. The molecule has 0 unspecified atom stereocenters. The number of aryl methyl sites for hydroxylation is 1. The second-order valence-corrected chi connectivity index (χ2v) is 7.23. The Morgan fingerprint density at radius 3 is 2.39 bits per heavy atom. The zero-order valence-corrected chi connectivity index (χ0v) is 16.4. The molecule has 28 heavy (non-hydrogen) atoms. The molecule has 0 aliphatic rings. The molecule has 0 bridgehead atoms. The van der Waals surface area contributed by atoms with Gasteiger partial charge in [-0.3, -0.25) is 5.32 Å². The van der Waals surface area contributed by atoms with E-state index in [4.69, 9.17) is 4.74 Å². The fourth-order valence-corrected chi connectivity index (χ4v) is 3.17. The van der Waals surface area contributed by atoms with Crippen LogP contribution in [0.2, 0.25) is 0 Å². The number of carbonyl (C=O) groups excluding carboxylic acids is 1. The molecule has 3 rings (SSSR count). The molecule has 3 aromatic rings. The first kappa shape index (κ1) is 19.5. The van der Waals surface area contributed by atoms with Gasteiger partial charge >= 0.3 is 6.09 Å². The average molecular weight is 375 g/mol. The molecular formula is C24H25NO3. The topological polar surface area (TPSA) is 58.6 Å². The highest BCUT2D eigenvalue weighted by molar-refractivity contribution is 5.86. The zero-order valence-electron chi connectivity index (χ0n) is 16.4. The van der Waals surface area contributed by atoms with E-state index in [1.165, 1.54) is 0 Å². The zero-order chi connectivity index (χ0) is 20.1. The van der Waals surface area contributed by atoms with Gasteiger partial charge in [0, 0.05) is 11.1 Å². The molecule has 0 radical (unpaired) electrons. The lowest BCUT2D eigenvalue weighted by atomic mass is 9.78. The molecule has 0 heterocycles. The van der Waals surface area contributed by atoms with Gasteiger partial charge in [-0.15, -0.1) is 0 Å². The van der Waals surface area contributed by atoms with Crippen LogP contribution >= 0.6 is 0 Å². The molecule has 0 fully saturated rings. The van der Waals surface area contributed by atoms with E-state index in [2.05, 4.69) is 19.2 Å². The number of amides is 1. The smallest absolute Gasteiger partial charge is 0.417 e. The van der Waals surface area contributed by atoms with Crippen molar-refractivity contribution in [3.63, 3.8) is 0 Å². The van der Waals surface area contributed by atoms with Crippen LogP contribution in [0, 0.1) is 0 Å². The minimum atomic E-state index is -0.513. The van der Waals surface area contributed by atoms with E-state index >= 15 is 0 Å². The summed E-state index contributed by atoms with van der Waals surface area (Å²) in [5, 5.41) is 12.3. The van der Waals surface area contributed by atoms with Gasteiger partial charge in [-0.05, 0) is 53.4 Å². The van der Waals surface area contributed by atoms with Crippen LogP contribution < -0.4 is 10.1 Å². The lowest BCUT2D eigenvalue weighted by Crippen LogP contribution is -2.20. The molecule has 0 atom stereocenters. The number of anilines is 1. The molecule has 4 nitrogen and oxygen atoms in total. The van der Waals surface area contributed by atoms with Crippen molar-refractivity contribution >= 4 is 11.8 Å². The number of ether oxygens (including phenoxy) is 1. The van der Waals surface area contributed by atoms with E-state index in [1.54, 1.807) is 18.2 Å². The molecule has 0 aliphatic carbocycles. The third kappa shape index (κ3) is 4.34. The molecule has 0 aliphatic heterocycles. The Balaban J connectivity index is 1.77. The molecule has 0 aromatic heterocycles. The van der Waals surface area contributed by atoms with Gasteiger partial charge in [0.25, 0.3) is 0 Å². The van der Waals surface area contributed by atoms with Crippen LogP contribution in [-0.2, 0) is 11.8 Å². The number of carbonyl (C=O) groups is 1. The number of phenols is 1. The van der Waals surface area contributed by atoms with Crippen LogP contribution in [0.1, 0.15) is 37.5 Å². The third-order valence-corrected chi connectivity index (χ3v) is 4.98. The Kier molecular flexibility index (Phi) is 5.69. The highest BCUT2D eigenvalue weighted by Gasteiger charge is 2.23. The number of para-hydroxylation sites is 1. The van der Waals surface area contributed by atoms with E-state index < -0.39 is 6.09 Å². The van der Waals surface area contributed by atoms with Crippen molar-refractivity contribution in [2.75, 3.05) is 5.32 Å². The predicted octanol–water partition coefficient (Wildman–Crippen LogP) is 5.89. The predicted molar refractivity (Wildman–Crippen MR) is 112 cm³/mol. The summed E-state index contributed by atoms with van der Waals surface area (Å²) in [7, 11) is 0. The summed E-state index contributed by atoms with van der Waals surface area (Å²) >= 11 is 0. The van der Waals surface area contributed by atoms with Crippen LogP contribution in [0.5, 0.6) is 11.5 Å². The standard InChI is InChI=1S/C24H25NO3/c1-4-17-8-5-6-11-22(17)28-23(27)25-20-10-7-9-19(16-20)24(2,3)18-12-14-21(26)15-13-18/h5-16,26H,4H2,1-3H3,(H,25,27). The highest BCUT2D eigenvalue weighted by atomic mass is 16.6. The lowest BCUT2D eigenvalue weighted by Gasteiger charge is -2.26. The fraction of sp³-hybridized carbons (Fsp3) is 0.208. The molecule has 1 amide bonds. The third-order valence-electron chi connectivity index (χ3n) is 4.98. The van der Waals surface area contributed by atoms with Crippen molar-refractivity contribution < 1.29 is 14.6 Å². The van der Waals surface area contributed by atoms with Gasteiger partial charge in [-0.2, -0.15) is 0 Å². The van der Waals surface area contributed by atoms with E-state index in [-0.39, 0.29) is 11.2 Å². The minimum Gasteiger partial charge on any atom is -0.508 e. The van der Waals surface area contributed by atoms with Crippen molar-refractivity contribution in [3.8, 4) is 11.5 Å². The minimum absolute atomic E-state index is 0.241. The molecule has 0 saturated heterocycles. The number of benzene rings is 3. The van der Waals surface area contributed by atoms with E-state index in [1.807, 2.05) is 61.5 Å². The normalized spacial score (nSPS) is 11.1. The lowest BCUT2D eigenvalue weighted by molar-refractivity contribution is 0.214. The highest BCUT2D eigenvalue weighted by Crippen LogP contribution is 2.33. The molecule has 2 N–H and O–H groups in total. The average Bonchev–Trinajstić information content (AvgIpc) is 2.69. The maximum atomic E-state index is 12.4. The Morgan fingerprint density at radius 1 is 0.964 bits per heavy atom. The van der Waals surface area contributed by atoms with Gasteiger partial charge < -0.3 is 9.84 Å². The number of hydrogen-bond donors (Lipinski definition) is 2. The van der Waals surface area contributed by atoms with Crippen LogP contribution in [0.3, 0.4) is 0 Å². The van der Waals surface area contributed by atoms with Crippen molar-refractivity contribution in [2.45, 2.75) is 32.6 Å². The second kappa shape index (κ2) is 8.17. The number of nitrogens with one attached hydrogen (secondary N) is 1. The van der Waals surface area contributed by atoms with Gasteiger partial charge in [0.1, 0.15) is 11.5 Å². The van der Waals surface area contributed by atoms with Gasteiger partial charge in [0.15, 0.2) is 0 Å². The Morgan fingerprint density at radius 2 is 1.68 bits per heavy atom. The number of rotatable bonds is 5. The molecular weight excluding hydrogens is 350 g/mol. The summed E-state index contributed by atoms with van der Waals surface area (Å²) in [6.45, 7) is 6.23. The number of aromatic hydroxyl groups is 1. The molecule has 144 valence electrons. The molecule has 4 heteroatoms. The summed E-state index contributed by atoms with van der Waals surface area (Å²) in [6.07, 6.45) is 0.278. The van der Waals surface area contributed by atoms with Crippen molar-refractivity contribution in [1.82, 2.24) is 0 Å². The van der Waals surface area contributed by atoms with Crippen LogP contribution in [0.15, 0.2) is 72.8 Å². The van der Waals surface area contributed by atoms with Crippen LogP contribution in [0.4, 0.5) is 10.5 Å². The van der Waals surface area contributed by atoms with Crippen molar-refractivity contribution in [3.05, 3.63) is 89.5 Å². The van der Waals surface area contributed by atoms with Gasteiger partial charge in [0.2, 0.25) is 0 Å². The first-order chi connectivity index (χ1) is 13.4. The first-order valence-electron chi connectivity index (χ1n) is 9.37. The summed E-state index contributed by atoms with van der Waals surface area (Å²) in [5.74, 6) is 0.813. The van der Waals surface area contributed by atoms with Crippen molar-refractivity contribution in [2.24, 2.45) is 0 Å². The quantitative estimate of drug-likeness (QED) is 0.584. The Labute approximate surface area is 165 Å².